The lowest BCUT2D eigenvalue weighted by Gasteiger charge is -2.27. The van der Waals surface area contributed by atoms with Crippen LogP contribution in [0.4, 0.5) is 16.2 Å². The van der Waals surface area contributed by atoms with Crippen molar-refractivity contribution >= 4 is 47.4 Å². The molecule has 2 N–H and O–H groups in total. The predicted molar refractivity (Wildman–Crippen MR) is 103 cm³/mol. The van der Waals surface area contributed by atoms with Gasteiger partial charge < -0.3 is 15.5 Å². The first kappa shape index (κ1) is 20.0. The zero-order valence-corrected chi connectivity index (χ0v) is 15.9. The summed E-state index contributed by atoms with van der Waals surface area (Å²) >= 11 is 12.1. The molecule has 1 fully saturated rings. The lowest BCUT2D eigenvalue weighted by molar-refractivity contribution is 0.572. The molecule has 1 aliphatic rings. The molecule has 1 aliphatic heterocycles. The average molecular weight is 407 g/mol. The molecule has 9 heteroatoms. The summed E-state index contributed by atoms with van der Waals surface area (Å²) < 4.78 is 14.1. The van der Waals surface area contributed by atoms with Crippen molar-refractivity contribution in [3.8, 4) is 0 Å². The molecule has 1 atom stereocenters. The van der Waals surface area contributed by atoms with Gasteiger partial charge in [0.1, 0.15) is 0 Å². The van der Waals surface area contributed by atoms with Crippen molar-refractivity contribution in [1.29, 1.82) is 0 Å². The van der Waals surface area contributed by atoms with Gasteiger partial charge >= 0.3 is 0 Å². The topological polar surface area (TPSA) is 53.1 Å². The highest BCUT2D eigenvalue weighted by atomic mass is 35.5. The number of rotatable bonds is 4. The maximum absolute atomic E-state index is 14.1. The van der Waals surface area contributed by atoms with Gasteiger partial charge in [-0.3, -0.25) is 0 Å². The molecule has 0 saturated carbocycles. The fourth-order valence-corrected chi connectivity index (χ4v) is 3.18. The Balaban J connectivity index is 0.00000225. The molecule has 1 saturated heterocycles. The minimum atomic E-state index is -0.495. The summed E-state index contributed by atoms with van der Waals surface area (Å²) in [4.78, 5) is 10.5. The fraction of sp³-hybridized carbons (Fsp3) is 0.375. The van der Waals surface area contributed by atoms with Crippen molar-refractivity contribution in [2.45, 2.75) is 13.0 Å². The zero-order valence-electron chi connectivity index (χ0n) is 13.6. The number of benzene rings is 1. The van der Waals surface area contributed by atoms with Crippen molar-refractivity contribution in [1.82, 2.24) is 15.3 Å². The summed E-state index contributed by atoms with van der Waals surface area (Å²) in [5, 5.41) is 7.42. The van der Waals surface area contributed by atoms with Crippen molar-refractivity contribution in [3.05, 3.63) is 45.8 Å². The number of aromatic nitrogens is 2. The molecule has 0 aliphatic carbocycles. The second-order valence-electron chi connectivity index (χ2n) is 5.64. The van der Waals surface area contributed by atoms with E-state index in [2.05, 4.69) is 20.6 Å². The lowest BCUT2D eigenvalue weighted by Crippen LogP contribution is -2.44. The summed E-state index contributed by atoms with van der Waals surface area (Å²) in [7, 11) is 0. The number of hydrogen-bond acceptors (Lipinski definition) is 5. The van der Waals surface area contributed by atoms with Gasteiger partial charge in [-0.1, -0.05) is 29.3 Å². The molecule has 0 amide bonds. The van der Waals surface area contributed by atoms with E-state index < -0.39 is 5.82 Å². The van der Waals surface area contributed by atoms with Crippen LogP contribution in [0.1, 0.15) is 18.5 Å². The maximum Gasteiger partial charge on any atom is 0.227 e. The third kappa shape index (κ3) is 4.85. The zero-order chi connectivity index (χ0) is 17.1. The number of anilines is 2. The Labute approximate surface area is 162 Å². The van der Waals surface area contributed by atoms with Gasteiger partial charge in [-0.25, -0.2) is 9.37 Å². The van der Waals surface area contributed by atoms with Crippen molar-refractivity contribution in [2.75, 3.05) is 36.4 Å². The van der Waals surface area contributed by atoms with E-state index in [-0.39, 0.29) is 24.3 Å². The van der Waals surface area contributed by atoms with Crippen molar-refractivity contribution < 1.29 is 4.39 Å². The SMILES string of the molecule is C[C@@H](Nc1nc(N2CCNCC2)ncc1F)c1ccc(Cl)cc1Cl.Cl. The van der Waals surface area contributed by atoms with E-state index in [1.807, 2.05) is 17.9 Å². The molecule has 5 nitrogen and oxygen atoms in total. The van der Waals surface area contributed by atoms with Gasteiger partial charge in [0.15, 0.2) is 11.6 Å². The van der Waals surface area contributed by atoms with Gasteiger partial charge in [0.05, 0.1) is 12.2 Å². The van der Waals surface area contributed by atoms with Crippen LogP contribution < -0.4 is 15.5 Å². The van der Waals surface area contributed by atoms with Crippen LogP contribution >= 0.6 is 35.6 Å². The van der Waals surface area contributed by atoms with Gasteiger partial charge in [-0.15, -0.1) is 12.4 Å². The fourth-order valence-electron chi connectivity index (χ4n) is 2.61. The first-order valence-electron chi connectivity index (χ1n) is 7.74. The monoisotopic (exact) mass is 405 g/mol. The van der Waals surface area contributed by atoms with E-state index in [9.17, 15) is 4.39 Å². The second-order valence-corrected chi connectivity index (χ2v) is 6.48. The molecular weight excluding hydrogens is 388 g/mol. The summed E-state index contributed by atoms with van der Waals surface area (Å²) in [6.07, 6.45) is 1.20. The Kier molecular flexibility index (Phi) is 7.07. The minimum Gasteiger partial charge on any atom is -0.361 e. The van der Waals surface area contributed by atoms with E-state index in [0.29, 0.717) is 16.0 Å². The van der Waals surface area contributed by atoms with Crippen LogP contribution in [0.3, 0.4) is 0 Å². The van der Waals surface area contributed by atoms with Crippen molar-refractivity contribution in [3.63, 3.8) is 0 Å². The number of hydrogen-bond donors (Lipinski definition) is 2. The summed E-state index contributed by atoms with van der Waals surface area (Å²) in [5.74, 6) is 0.192. The standard InChI is InChI=1S/C16H18Cl2FN5.ClH/c1-10(12-3-2-11(17)8-13(12)18)22-15-14(19)9-21-16(23-15)24-6-4-20-5-7-24;/h2-3,8-10,20H,4-7H2,1H3,(H,21,22,23);1H/t10-;/m1./s1. The number of halogens is 4. The Hall–Kier alpha value is -1.34. The minimum absolute atomic E-state index is 0. The maximum atomic E-state index is 14.1. The molecule has 2 aromatic rings. The smallest absolute Gasteiger partial charge is 0.227 e. The van der Waals surface area contributed by atoms with Crippen LogP contribution in [0, 0.1) is 5.82 Å². The molecule has 0 bridgehead atoms. The summed E-state index contributed by atoms with van der Waals surface area (Å²) in [5.41, 5.74) is 0.822. The normalized spacial score (nSPS) is 15.4. The molecule has 136 valence electrons. The highest BCUT2D eigenvalue weighted by Crippen LogP contribution is 2.29. The molecule has 0 spiro atoms. The van der Waals surface area contributed by atoms with Crippen LogP contribution in [-0.4, -0.2) is 36.1 Å². The quantitative estimate of drug-likeness (QED) is 0.806. The van der Waals surface area contributed by atoms with Gasteiger partial charge in [-0.05, 0) is 24.6 Å². The Morgan fingerprint density at radius 2 is 2.00 bits per heavy atom. The largest absolute Gasteiger partial charge is 0.361 e. The molecular formula is C16H19Cl3FN5. The van der Waals surface area contributed by atoms with E-state index >= 15 is 0 Å². The van der Waals surface area contributed by atoms with Crippen LogP contribution in [0.5, 0.6) is 0 Å². The van der Waals surface area contributed by atoms with Gasteiger partial charge in [0.25, 0.3) is 0 Å². The number of nitrogens with zero attached hydrogens (tertiary/aromatic N) is 3. The van der Waals surface area contributed by atoms with Gasteiger partial charge in [0, 0.05) is 36.2 Å². The molecule has 2 heterocycles. The molecule has 3 rings (SSSR count). The average Bonchev–Trinajstić information content (AvgIpc) is 2.57. The number of piperazine rings is 1. The molecule has 25 heavy (non-hydrogen) atoms. The van der Waals surface area contributed by atoms with Crippen LogP contribution in [0.15, 0.2) is 24.4 Å². The van der Waals surface area contributed by atoms with E-state index in [4.69, 9.17) is 23.2 Å². The lowest BCUT2D eigenvalue weighted by atomic mass is 10.1. The van der Waals surface area contributed by atoms with E-state index in [0.717, 1.165) is 31.7 Å². The third-order valence-corrected chi connectivity index (χ3v) is 4.48. The second kappa shape index (κ2) is 8.85. The van der Waals surface area contributed by atoms with Crippen LogP contribution in [0.25, 0.3) is 0 Å². The Morgan fingerprint density at radius 3 is 2.68 bits per heavy atom. The highest BCUT2D eigenvalue weighted by molar-refractivity contribution is 6.35. The van der Waals surface area contributed by atoms with E-state index in [1.54, 1.807) is 12.1 Å². The van der Waals surface area contributed by atoms with Gasteiger partial charge in [0.2, 0.25) is 5.95 Å². The molecule has 0 radical (unpaired) electrons. The van der Waals surface area contributed by atoms with Crippen LogP contribution in [0.2, 0.25) is 10.0 Å². The highest BCUT2D eigenvalue weighted by Gasteiger charge is 2.18. The molecule has 1 aromatic carbocycles. The Morgan fingerprint density at radius 1 is 1.28 bits per heavy atom. The third-order valence-electron chi connectivity index (χ3n) is 3.91. The van der Waals surface area contributed by atoms with Crippen molar-refractivity contribution in [2.24, 2.45) is 0 Å². The summed E-state index contributed by atoms with van der Waals surface area (Å²) in [6.45, 7) is 5.20. The van der Waals surface area contributed by atoms with E-state index in [1.165, 1.54) is 6.20 Å². The Bertz CT molecular complexity index is 725. The van der Waals surface area contributed by atoms with Gasteiger partial charge in [-0.2, -0.15) is 4.98 Å². The molecule has 1 aromatic heterocycles. The summed E-state index contributed by atoms with van der Waals surface area (Å²) in [6, 6.07) is 5.01. The first-order chi connectivity index (χ1) is 11.5. The van der Waals surface area contributed by atoms with Crippen LogP contribution in [-0.2, 0) is 0 Å². The predicted octanol–water partition coefficient (Wildman–Crippen LogP) is 3.93. The first-order valence-corrected chi connectivity index (χ1v) is 8.50. The number of nitrogens with one attached hydrogen (secondary N) is 2. The molecule has 0 unspecified atom stereocenters.